The van der Waals surface area contributed by atoms with Crippen LogP contribution >= 0.6 is 23.2 Å². The number of aromatic nitrogens is 2. The molecular formula is C16H12Cl2N2. The molecule has 0 saturated carbocycles. The van der Waals surface area contributed by atoms with E-state index in [1.54, 1.807) is 6.07 Å². The van der Waals surface area contributed by atoms with E-state index in [0.717, 1.165) is 28.3 Å². The SMILES string of the molecule is Cc1[nH]c(-c2ccc(Cl)cc2Cl)nc1-c1ccccc1. The molecule has 1 N–H and O–H groups in total. The molecule has 0 unspecified atom stereocenters. The number of hydrogen-bond acceptors (Lipinski definition) is 1. The fraction of sp³-hybridized carbons (Fsp3) is 0.0625. The smallest absolute Gasteiger partial charge is 0.139 e. The summed E-state index contributed by atoms with van der Waals surface area (Å²) in [5, 5.41) is 1.20. The van der Waals surface area contributed by atoms with Gasteiger partial charge in [0.2, 0.25) is 0 Å². The van der Waals surface area contributed by atoms with Crippen LogP contribution in [0.5, 0.6) is 0 Å². The number of hydrogen-bond donors (Lipinski definition) is 1. The van der Waals surface area contributed by atoms with Crippen LogP contribution in [0.15, 0.2) is 48.5 Å². The highest BCUT2D eigenvalue weighted by Crippen LogP contribution is 2.31. The number of aromatic amines is 1. The minimum absolute atomic E-state index is 0.589. The molecular weight excluding hydrogens is 291 g/mol. The van der Waals surface area contributed by atoms with E-state index in [9.17, 15) is 0 Å². The van der Waals surface area contributed by atoms with Crippen LogP contribution in [0, 0.1) is 6.92 Å². The lowest BCUT2D eigenvalue weighted by Gasteiger charge is -2.00. The monoisotopic (exact) mass is 302 g/mol. The molecule has 3 aromatic rings. The van der Waals surface area contributed by atoms with Gasteiger partial charge in [0.15, 0.2) is 0 Å². The highest BCUT2D eigenvalue weighted by atomic mass is 35.5. The van der Waals surface area contributed by atoms with Crippen molar-refractivity contribution in [3.05, 3.63) is 64.3 Å². The number of imidazole rings is 1. The number of benzene rings is 2. The molecule has 4 heteroatoms. The summed E-state index contributed by atoms with van der Waals surface area (Å²) in [4.78, 5) is 7.94. The Labute approximate surface area is 127 Å². The van der Waals surface area contributed by atoms with E-state index in [2.05, 4.69) is 9.97 Å². The Balaban J connectivity index is 2.09. The van der Waals surface area contributed by atoms with Crippen LogP contribution in [0.4, 0.5) is 0 Å². The van der Waals surface area contributed by atoms with E-state index in [4.69, 9.17) is 23.2 Å². The Morgan fingerprint density at radius 1 is 1.00 bits per heavy atom. The second kappa shape index (κ2) is 5.31. The second-order valence-electron chi connectivity index (χ2n) is 4.55. The molecule has 0 aliphatic rings. The Hall–Kier alpha value is -1.77. The first-order valence-corrected chi connectivity index (χ1v) is 6.98. The first-order chi connectivity index (χ1) is 9.65. The molecule has 2 aromatic carbocycles. The summed E-state index contributed by atoms with van der Waals surface area (Å²) in [6.45, 7) is 2.00. The minimum atomic E-state index is 0.589. The van der Waals surface area contributed by atoms with Crippen LogP contribution in [0.1, 0.15) is 5.69 Å². The van der Waals surface area contributed by atoms with Gasteiger partial charge in [-0.15, -0.1) is 0 Å². The van der Waals surface area contributed by atoms with Gasteiger partial charge >= 0.3 is 0 Å². The molecule has 20 heavy (non-hydrogen) atoms. The summed E-state index contributed by atoms with van der Waals surface area (Å²) in [5.41, 5.74) is 3.88. The van der Waals surface area contributed by atoms with Gasteiger partial charge in [-0.2, -0.15) is 0 Å². The maximum absolute atomic E-state index is 6.23. The maximum atomic E-state index is 6.23. The van der Waals surface area contributed by atoms with E-state index >= 15 is 0 Å². The van der Waals surface area contributed by atoms with Gasteiger partial charge in [-0.3, -0.25) is 0 Å². The topological polar surface area (TPSA) is 28.7 Å². The normalized spacial score (nSPS) is 10.8. The van der Waals surface area contributed by atoms with E-state index in [0.29, 0.717) is 10.0 Å². The zero-order valence-corrected chi connectivity index (χ0v) is 12.3. The number of nitrogens with zero attached hydrogens (tertiary/aromatic N) is 1. The van der Waals surface area contributed by atoms with Gasteiger partial charge in [-0.1, -0.05) is 53.5 Å². The van der Waals surface area contributed by atoms with Crippen molar-refractivity contribution in [2.75, 3.05) is 0 Å². The fourth-order valence-electron chi connectivity index (χ4n) is 2.15. The van der Waals surface area contributed by atoms with Gasteiger partial charge in [0.05, 0.1) is 10.7 Å². The van der Waals surface area contributed by atoms with Crippen molar-refractivity contribution in [1.82, 2.24) is 9.97 Å². The molecule has 0 saturated heterocycles. The van der Waals surface area contributed by atoms with Crippen LogP contribution in [0.25, 0.3) is 22.6 Å². The van der Waals surface area contributed by atoms with Gasteiger partial charge in [0, 0.05) is 21.8 Å². The maximum Gasteiger partial charge on any atom is 0.139 e. The summed E-state index contributed by atoms with van der Waals surface area (Å²) in [7, 11) is 0. The molecule has 0 bridgehead atoms. The Bertz CT molecular complexity index is 748. The van der Waals surface area contributed by atoms with Crippen molar-refractivity contribution >= 4 is 23.2 Å². The molecule has 0 amide bonds. The Morgan fingerprint density at radius 3 is 2.45 bits per heavy atom. The van der Waals surface area contributed by atoms with E-state index in [1.165, 1.54) is 0 Å². The second-order valence-corrected chi connectivity index (χ2v) is 5.39. The zero-order chi connectivity index (χ0) is 14.1. The van der Waals surface area contributed by atoms with E-state index in [-0.39, 0.29) is 0 Å². The molecule has 100 valence electrons. The summed E-state index contributed by atoms with van der Waals surface area (Å²) in [6, 6.07) is 15.5. The number of nitrogens with one attached hydrogen (secondary N) is 1. The van der Waals surface area contributed by atoms with E-state index < -0.39 is 0 Å². The Morgan fingerprint density at radius 2 is 1.75 bits per heavy atom. The number of halogens is 2. The van der Waals surface area contributed by atoms with Crippen molar-refractivity contribution in [2.45, 2.75) is 6.92 Å². The number of aryl methyl sites for hydroxylation is 1. The van der Waals surface area contributed by atoms with Gasteiger partial charge < -0.3 is 4.98 Å². The van der Waals surface area contributed by atoms with Crippen molar-refractivity contribution < 1.29 is 0 Å². The third-order valence-electron chi connectivity index (χ3n) is 3.12. The Kier molecular flexibility index (Phi) is 3.51. The third-order valence-corrected chi connectivity index (χ3v) is 3.67. The molecule has 0 aliphatic carbocycles. The predicted octanol–water partition coefficient (Wildman–Crippen LogP) is 5.36. The molecule has 1 heterocycles. The highest BCUT2D eigenvalue weighted by molar-refractivity contribution is 6.36. The molecule has 0 aliphatic heterocycles. The van der Waals surface area contributed by atoms with Gasteiger partial charge in [0.1, 0.15) is 5.82 Å². The highest BCUT2D eigenvalue weighted by Gasteiger charge is 2.12. The van der Waals surface area contributed by atoms with Crippen LogP contribution in [0.3, 0.4) is 0 Å². The lowest BCUT2D eigenvalue weighted by Crippen LogP contribution is -1.82. The molecule has 0 fully saturated rings. The summed E-state index contributed by atoms with van der Waals surface area (Å²) in [6.07, 6.45) is 0. The first kappa shape index (κ1) is 13.2. The van der Waals surface area contributed by atoms with Crippen molar-refractivity contribution in [2.24, 2.45) is 0 Å². The fourth-order valence-corrected chi connectivity index (χ4v) is 2.64. The van der Waals surface area contributed by atoms with Gasteiger partial charge in [-0.25, -0.2) is 4.98 Å². The minimum Gasteiger partial charge on any atom is -0.341 e. The summed E-state index contributed by atoms with van der Waals surface area (Å²) >= 11 is 12.1. The summed E-state index contributed by atoms with van der Waals surface area (Å²) < 4.78 is 0. The first-order valence-electron chi connectivity index (χ1n) is 6.22. The van der Waals surface area contributed by atoms with E-state index in [1.807, 2.05) is 49.4 Å². The predicted molar refractivity (Wildman–Crippen MR) is 84.2 cm³/mol. The van der Waals surface area contributed by atoms with Crippen LogP contribution in [0.2, 0.25) is 10.0 Å². The van der Waals surface area contributed by atoms with Crippen LogP contribution < -0.4 is 0 Å². The summed E-state index contributed by atoms with van der Waals surface area (Å²) in [5.74, 6) is 0.753. The van der Waals surface area contributed by atoms with Crippen molar-refractivity contribution in [1.29, 1.82) is 0 Å². The lowest BCUT2D eigenvalue weighted by atomic mass is 10.1. The standard InChI is InChI=1S/C16H12Cl2N2/c1-10-15(11-5-3-2-4-6-11)20-16(19-10)13-8-7-12(17)9-14(13)18/h2-9H,1H3,(H,19,20). The molecule has 3 rings (SSSR count). The molecule has 1 aromatic heterocycles. The number of H-pyrrole nitrogens is 1. The van der Waals surface area contributed by atoms with Crippen LogP contribution in [-0.2, 0) is 0 Å². The van der Waals surface area contributed by atoms with Gasteiger partial charge in [0.25, 0.3) is 0 Å². The molecule has 0 spiro atoms. The molecule has 0 radical (unpaired) electrons. The largest absolute Gasteiger partial charge is 0.341 e. The zero-order valence-electron chi connectivity index (χ0n) is 10.8. The van der Waals surface area contributed by atoms with Crippen molar-refractivity contribution in [3.8, 4) is 22.6 Å². The van der Waals surface area contributed by atoms with Crippen LogP contribution in [-0.4, -0.2) is 9.97 Å². The number of rotatable bonds is 2. The lowest BCUT2D eigenvalue weighted by molar-refractivity contribution is 1.26. The molecule has 0 atom stereocenters. The quantitative estimate of drug-likeness (QED) is 0.678. The molecule has 2 nitrogen and oxygen atoms in total. The van der Waals surface area contributed by atoms with Gasteiger partial charge in [-0.05, 0) is 25.1 Å². The average Bonchev–Trinajstić information content (AvgIpc) is 2.81. The van der Waals surface area contributed by atoms with Crippen molar-refractivity contribution in [3.63, 3.8) is 0 Å². The third kappa shape index (κ3) is 2.45. The average molecular weight is 303 g/mol.